The lowest BCUT2D eigenvalue weighted by atomic mass is 10.0. The molecule has 0 radical (unpaired) electrons. The van der Waals surface area contributed by atoms with Gasteiger partial charge in [0.25, 0.3) is 7.82 Å². The fourth-order valence-electron chi connectivity index (χ4n) is 9.50. The van der Waals surface area contributed by atoms with Crippen molar-refractivity contribution in [3.8, 4) is 0 Å². The standard InChI is InChI=1S/C66H125N2O6P/c1-6-8-10-12-14-16-18-20-22-24-26-28-30-32-33-34-35-36-38-40-42-44-46-48-50-52-54-56-58-60-66(70)67-64(63-74-75(71,72)73-62-61-68(3,4)5)65(69)59-57-55-53-51-49-47-45-43-41-39-37-31-29-27-25-23-21-19-17-15-13-11-9-7-2/h8,10,14,16,20,22,26,28,57,59,64-65,69H,6-7,9,11-13,15,17-19,21,23-25,27,29-56,58,60-63H2,1-5H3,(H-,67,70,71,72)/b10-8-,16-14-,22-20-,28-26-,59-57+. The highest BCUT2D eigenvalue weighted by Crippen LogP contribution is 2.38. The zero-order valence-electron chi connectivity index (χ0n) is 50.3. The highest BCUT2D eigenvalue weighted by atomic mass is 31.2. The van der Waals surface area contributed by atoms with Crippen LogP contribution in [0.4, 0.5) is 0 Å². The van der Waals surface area contributed by atoms with E-state index in [1.165, 1.54) is 218 Å². The first-order valence-electron chi connectivity index (χ1n) is 32.2. The molecule has 75 heavy (non-hydrogen) atoms. The van der Waals surface area contributed by atoms with Crippen LogP contribution in [-0.4, -0.2) is 68.5 Å². The molecular weight excluding hydrogens is 948 g/mol. The van der Waals surface area contributed by atoms with E-state index in [4.69, 9.17) is 9.05 Å². The number of carbonyl (C=O) groups excluding carboxylic acids is 1. The van der Waals surface area contributed by atoms with Gasteiger partial charge in [-0.05, 0) is 57.8 Å². The van der Waals surface area contributed by atoms with Gasteiger partial charge < -0.3 is 28.8 Å². The van der Waals surface area contributed by atoms with Crippen molar-refractivity contribution >= 4 is 13.7 Å². The van der Waals surface area contributed by atoms with E-state index in [2.05, 4.69) is 67.8 Å². The van der Waals surface area contributed by atoms with Gasteiger partial charge in [0.05, 0.1) is 39.9 Å². The highest BCUT2D eigenvalue weighted by molar-refractivity contribution is 7.45. The summed E-state index contributed by atoms with van der Waals surface area (Å²) in [4.78, 5) is 25.6. The fourth-order valence-corrected chi connectivity index (χ4v) is 10.2. The van der Waals surface area contributed by atoms with Crippen LogP contribution in [0.2, 0.25) is 0 Å². The van der Waals surface area contributed by atoms with Crippen molar-refractivity contribution in [3.05, 3.63) is 60.8 Å². The second-order valence-corrected chi connectivity index (χ2v) is 24.5. The number of nitrogens with one attached hydrogen (secondary N) is 1. The summed E-state index contributed by atoms with van der Waals surface area (Å²) in [5.74, 6) is -0.194. The minimum absolute atomic E-state index is 0.00110. The van der Waals surface area contributed by atoms with Gasteiger partial charge in [-0.25, -0.2) is 0 Å². The van der Waals surface area contributed by atoms with Crippen molar-refractivity contribution in [2.45, 2.75) is 315 Å². The summed E-state index contributed by atoms with van der Waals surface area (Å²) in [6.45, 7) is 4.58. The maximum Gasteiger partial charge on any atom is 0.268 e. The predicted molar refractivity (Wildman–Crippen MR) is 325 cm³/mol. The van der Waals surface area contributed by atoms with Crippen LogP contribution in [0.1, 0.15) is 303 Å². The first-order chi connectivity index (χ1) is 36.5. The summed E-state index contributed by atoms with van der Waals surface area (Å²) in [5, 5.41) is 13.9. The number of allylic oxidation sites excluding steroid dienone is 9. The molecule has 0 bridgehead atoms. The van der Waals surface area contributed by atoms with Crippen molar-refractivity contribution in [1.29, 1.82) is 0 Å². The Morgan fingerprint density at radius 1 is 0.480 bits per heavy atom. The lowest BCUT2D eigenvalue weighted by Gasteiger charge is -2.29. The zero-order chi connectivity index (χ0) is 54.9. The first-order valence-corrected chi connectivity index (χ1v) is 33.6. The van der Waals surface area contributed by atoms with E-state index in [1.807, 2.05) is 27.2 Å². The molecule has 3 unspecified atom stereocenters. The molecule has 0 saturated heterocycles. The van der Waals surface area contributed by atoms with Crippen molar-refractivity contribution < 1.29 is 32.9 Å². The van der Waals surface area contributed by atoms with Gasteiger partial charge in [-0.15, -0.1) is 0 Å². The van der Waals surface area contributed by atoms with Crippen LogP contribution in [-0.2, 0) is 18.4 Å². The topological polar surface area (TPSA) is 108 Å². The third kappa shape index (κ3) is 59.7. The molecule has 0 aliphatic heterocycles. The average Bonchev–Trinajstić information content (AvgIpc) is 3.37. The molecule has 0 heterocycles. The van der Waals surface area contributed by atoms with Crippen molar-refractivity contribution in [1.82, 2.24) is 5.32 Å². The summed E-state index contributed by atoms with van der Waals surface area (Å²) in [6, 6.07) is -0.889. The van der Waals surface area contributed by atoms with E-state index < -0.39 is 20.0 Å². The quantitative estimate of drug-likeness (QED) is 0.0272. The number of unbranched alkanes of at least 4 members (excludes halogenated alkanes) is 38. The smallest absolute Gasteiger partial charge is 0.268 e. The Labute approximate surface area is 466 Å². The lowest BCUT2D eigenvalue weighted by Crippen LogP contribution is -2.45. The molecule has 0 spiro atoms. The Hall–Kier alpha value is -1.80. The average molecular weight is 1070 g/mol. The van der Waals surface area contributed by atoms with Crippen molar-refractivity contribution in [2.75, 3.05) is 40.9 Å². The Morgan fingerprint density at radius 3 is 1.19 bits per heavy atom. The third-order valence-electron chi connectivity index (χ3n) is 14.5. The molecule has 8 nitrogen and oxygen atoms in total. The van der Waals surface area contributed by atoms with Gasteiger partial charge in [0, 0.05) is 6.42 Å². The number of quaternary nitrogens is 1. The van der Waals surface area contributed by atoms with Gasteiger partial charge >= 0.3 is 0 Å². The predicted octanol–water partition coefficient (Wildman–Crippen LogP) is 19.4. The Bertz CT molecular complexity index is 1400. The number of hydrogen-bond donors (Lipinski definition) is 2. The van der Waals surface area contributed by atoms with E-state index in [9.17, 15) is 19.4 Å². The van der Waals surface area contributed by atoms with Crippen LogP contribution >= 0.6 is 7.82 Å². The summed E-state index contributed by atoms with van der Waals surface area (Å²) in [7, 11) is 1.27. The van der Waals surface area contributed by atoms with Crippen molar-refractivity contribution in [2.24, 2.45) is 0 Å². The number of likely N-dealkylation sites (N-methyl/N-ethyl adjacent to an activating group) is 1. The Morgan fingerprint density at radius 2 is 0.813 bits per heavy atom. The number of phosphoric acid groups is 1. The van der Waals surface area contributed by atoms with E-state index in [-0.39, 0.29) is 19.1 Å². The normalized spacial score (nSPS) is 14.2. The van der Waals surface area contributed by atoms with Gasteiger partial charge in [0.15, 0.2) is 0 Å². The molecule has 9 heteroatoms. The molecule has 0 aromatic carbocycles. The summed E-state index contributed by atoms with van der Waals surface area (Å²) in [6.07, 6.45) is 77.4. The van der Waals surface area contributed by atoms with E-state index >= 15 is 0 Å². The Balaban J connectivity index is 4.12. The number of amides is 1. The summed E-state index contributed by atoms with van der Waals surface area (Å²) < 4.78 is 23.4. The number of aliphatic hydroxyl groups excluding tert-OH is 1. The molecule has 0 aliphatic rings. The SMILES string of the molecule is CC/C=C\C/C=C\C/C=C\C/C=C\CCCCCCCCCCCCCCCCCCC(=O)NC(COP(=O)([O-])OCC[N+](C)(C)C)C(O)/C=C/CCCCCCCCCCCCCCCCCCCCCCCC. The van der Waals surface area contributed by atoms with E-state index in [0.29, 0.717) is 17.4 Å². The second-order valence-electron chi connectivity index (χ2n) is 23.1. The van der Waals surface area contributed by atoms with Crippen LogP contribution in [0.15, 0.2) is 60.8 Å². The molecule has 0 fully saturated rings. The molecule has 2 N–H and O–H groups in total. The largest absolute Gasteiger partial charge is 0.756 e. The number of carbonyl (C=O) groups is 1. The van der Waals surface area contributed by atoms with Gasteiger partial charge in [-0.1, -0.05) is 299 Å². The molecule has 0 aromatic rings. The molecule has 0 rings (SSSR count). The van der Waals surface area contributed by atoms with Crippen LogP contribution in [0.5, 0.6) is 0 Å². The molecule has 0 aromatic heterocycles. The van der Waals surface area contributed by atoms with Gasteiger partial charge in [0.2, 0.25) is 5.91 Å². The van der Waals surface area contributed by atoms with Crippen LogP contribution in [0.3, 0.4) is 0 Å². The number of rotatable bonds is 59. The Kier molecular flexibility index (Phi) is 55.5. The minimum atomic E-state index is -4.60. The minimum Gasteiger partial charge on any atom is -0.756 e. The van der Waals surface area contributed by atoms with Crippen LogP contribution < -0.4 is 10.2 Å². The number of aliphatic hydroxyl groups is 1. The zero-order valence-corrected chi connectivity index (χ0v) is 51.1. The second kappa shape index (κ2) is 56.9. The molecule has 0 saturated carbocycles. The van der Waals surface area contributed by atoms with Gasteiger partial charge in [0.1, 0.15) is 13.2 Å². The maximum absolute atomic E-state index is 13.0. The van der Waals surface area contributed by atoms with Crippen LogP contribution in [0, 0.1) is 0 Å². The summed E-state index contributed by atoms with van der Waals surface area (Å²) >= 11 is 0. The lowest BCUT2D eigenvalue weighted by molar-refractivity contribution is -0.870. The molecule has 0 aliphatic carbocycles. The maximum atomic E-state index is 13.0. The number of nitrogens with zero attached hydrogens (tertiary/aromatic N) is 1. The van der Waals surface area contributed by atoms with Crippen LogP contribution in [0.25, 0.3) is 0 Å². The third-order valence-corrected chi connectivity index (χ3v) is 15.4. The molecule has 440 valence electrons. The summed E-state index contributed by atoms with van der Waals surface area (Å²) in [5.41, 5.74) is 0. The number of phosphoric ester groups is 1. The molecular formula is C66H125N2O6P. The monoisotopic (exact) mass is 1070 g/mol. The van der Waals surface area contributed by atoms with Gasteiger partial charge in [-0.3, -0.25) is 9.36 Å². The molecule has 1 amide bonds. The highest BCUT2D eigenvalue weighted by Gasteiger charge is 2.23. The van der Waals surface area contributed by atoms with Crippen molar-refractivity contribution in [3.63, 3.8) is 0 Å². The first kappa shape index (κ1) is 73.2. The fraction of sp³-hybridized carbons (Fsp3) is 0.833. The van der Waals surface area contributed by atoms with Gasteiger partial charge in [-0.2, -0.15) is 0 Å². The van der Waals surface area contributed by atoms with E-state index in [1.54, 1.807) is 6.08 Å². The molecule has 3 atom stereocenters. The number of hydrogen-bond acceptors (Lipinski definition) is 6. The van der Waals surface area contributed by atoms with E-state index in [0.717, 1.165) is 64.2 Å².